The summed E-state index contributed by atoms with van der Waals surface area (Å²) in [6, 6.07) is 15.8. The summed E-state index contributed by atoms with van der Waals surface area (Å²) in [6.45, 7) is 1.50. The molecule has 7 nitrogen and oxygen atoms in total. The second-order valence-electron chi connectivity index (χ2n) is 8.02. The smallest absolute Gasteiger partial charge is 0.231 e. The molecular formula is C24H25N3O4. The molecule has 2 aromatic carbocycles. The molecule has 2 aliphatic rings. The Labute approximate surface area is 181 Å². The van der Waals surface area contributed by atoms with Crippen LogP contribution < -0.4 is 9.47 Å². The molecule has 31 heavy (non-hydrogen) atoms. The SMILES string of the molecule is O=C(C1CCC1)N(CCc1ccccc1)CCc1nc(-c2ccc3c(c2)OCO3)no1. The van der Waals surface area contributed by atoms with E-state index >= 15 is 0 Å². The number of hydrogen-bond acceptors (Lipinski definition) is 6. The lowest BCUT2D eigenvalue weighted by molar-refractivity contribution is -0.138. The van der Waals surface area contributed by atoms with Crippen molar-refractivity contribution in [3.05, 3.63) is 60.0 Å². The van der Waals surface area contributed by atoms with Gasteiger partial charge in [-0.05, 0) is 43.0 Å². The molecule has 1 amide bonds. The van der Waals surface area contributed by atoms with Gasteiger partial charge in [-0.1, -0.05) is 41.9 Å². The predicted octanol–water partition coefficient (Wildman–Crippen LogP) is 3.88. The Hall–Kier alpha value is -3.35. The fraction of sp³-hybridized carbons (Fsp3) is 0.375. The Morgan fingerprint density at radius 2 is 1.81 bits per heavy atom. The first-order chi connectivity index (χ1) is 15.3. The first-order valence-corrected chi connectivity index (χ1v) is 10.8. The highest BCUT2D eigenvalue weighted by molar-refractivity contribution is 5.79. The zero-order valence-electron chi connectivity index (χ0n) is 17.3. The van der Waals surface area contributed by atoms with Crippen LogP contribution in [-0.2, 0) is 17.6 Å². The Morgan fingerprint density at radius 1 is 1.00 bits per heavy atom. The van der Waals surface area contributed by atoms with E-state index in [0.717, 1.165) is 37.0 Å². The van der Waals surface area contributed by atoms with Crippen LogP contribution in [-0.4, -0.2) is 40.8 Å². The van der Waals surface area contributed by atoms with E-state index in [1.165, 1.54) is 5.56 Å². The molecule has 1 aromatic heterocycles. The van der Waals surface area contributed by atoms with Crippen LogP contribution in [0, 0.1) is 5.92 Å². The summed E-state index contributed by atoms with van der Waals surface area (Å²) in [6.07, 6.45) is 4.51. The number of ether oxygens (including phenoxy) is 2. The summed E-state index contributed by atoms with van der Waals surface area (Å²) in [5, 5.41) is 4.10. The molecule has 0 bridgehead atoms. The van der Waals surface area contributed by atoms with E-state index in [0.29, 0.717) is 37.0 Å². The van der Waals surface area contributed by atoms with Crippen LogP contribution in [0.5, 0.6) is 11.5 Å². The van der Waals surface area contributed by atoms with Gasteiger partial charge in [-0.15, -0.1) is 0 Å². The van der Waals surface area contributed by atoms with E-state index in [1.54, 1.807) is 0 Å². The molecule has 3 aromatic rings. The molecule has 2 heterocycles. The van der Waals surface area contributed by atoms with E-state index < -0.39 is 0 Å². The minimum absolute atomic E-state index is 0.169. The average molecular weight is 419 g/mol. The zero-order chi connectivity index (χ0) is 21.0. The van der Waals surface area contributed by atoms with Gasteiger partial charge in [0.2, 0.25) is 24.4 Å². The quantitative estimate of drug-likeness (QED) is 0.551. The van der Waals surface area contributed by atoms with Gasteiger partial charge in [-0.2, -0.15) is 4.98 Å². The molecule has 1 saturated carbocycles. The van der Waals surface area contributed by atoms with Crippen LogP contribution in [0.3, 0.4) is 0 Å². The molecule has 1 aliphatic heterocycles. The van der Waals surface area contributed by atoms with Gasteiger partial charge in [-0.25, -0.2) is 0 Å². The lowest BCUT2D eigenvalue weighted by Gasteiger charge is -2.31. The van der Waals surface area contributed by atoms with Gasteiger partial charge < -0.3 is 18.9 Å². The minimum atomic E-state index is 0.169. The maximum atomic E-state index is 12.9. The first kappa shape index (κ1) is 19.6. The molecule has 0 spiro atoms. The molecule has 0 saturated heterocycles. The van der Waals surface area contributed by atoms with Crippen LogP contribution in [0.15, 0.2) is 53.1 Å². The molecule has 0 atom stereocenters. The third kappa shape index (κ3) is 4.40. The highest BCUT2D eigenvalue weighted by Gasteiger charge is 2.29. The molecule has 0 radical (unpaired) electrons. The second kappa shape index (κ2) is 8.79. The van der Waals surface area contributed by atoms with Crippen LogP contribution in [0.25, 0.3) is 11.4 Å². The van der Waals surface area contributed by atoms with Gasteiger partial charge in [-0.3, -0.25) is 4.79 Å². The van der Waals surface area contributed by atoms with Gasteiger partial charge in [0.05, 0.1) is 0 Å². The lowest BCUT2D eigenvalue weighted by atomic mass is 9.84. The van der Waals surface area contributed by atoms with Crippen molar-refractivity contribution in [3.63, 3.8) is 0 Å². The van der Waals surface area contributed by atoms with Gasteiger partial charge in [0.25, 0.3) is 0 Å². The molecule has 160 valence electrons. The van der Waals surface area contributed by atoms with E-state index in [2.05, 4.69) is 22.3 Å². The summed E-state index contributed by atoms with van der Waals surface area (Å²) in [5.41, 5.74) is 2.04. The van der Waals surface area contributed by atoms with Crippen molar-refractivity contribution < 1.29 is 18.8 Å². The Bertz CT molecular complexity index is 1050. The standard InChI is InChI=1S/C24H25N3O4/c28-24(18-7-4-8-18)27(13-11-17-5-2-1-3-6-17)14-12-22-25-23(26-31-22)19-9-10-20-21(15-19)30-16-29-20/h1-3,5-6,9-10,15,18H,4,7-8,11-14,16H2. The van der Waals surface area contributed by atoms with Crippen LogP contribution >= 0.6 is 0 Å². The Morgan fingerprint density at radius 3 is 2.61 bits per heavy atom. The largest absolute Gasteiger partial charge is 0.454 e. The summed E-state index contributed by atoms with van der Waals surface area (Å²) in [7, 11) is 0. The molecule has 1 aliphatic carbocycles. The van der Waals surface area contributed by atoms with Crippen molar-refractivity contribution in [1.82, 2.24) is 15.0 Å². The number of fused-ring (bicyclic) bond motifs is 1. The number of amides is 1. The Kier molecular flexibility index (Phi) is 5.56. The third-order valence-electron chi connectivity index (χ3n) is 5.97. The summed E-state index contributed by atoms with van der Waals surface area (Å²) < 4.78 is 16.2. The van der Waals surface area contributed by atoms with Crippen molar-refractivity contribution in [1.29, 1.82) is 0 Å². The highest BCUT2D eigenvalue weighted by atomic mass is 16.7. The molecule has 7 heteroatoms. The van der Waals surface area contributed by atoms with E-state index in [1.807, 2.05) is 41.3 Å². The van der Waals surface area contributed by atoms with Crippen LogP contribution in [0.2, 0.25) is 0 Å². The van der Waals surface area contributed by atoms with Crippen molar-refractivity contribution in [2.75, 3.05) is 19.9 Å². The maximum Gasteiger partial charge on any atom is 0.231 e. The summed E-state index contributed by atoms with van der Waals surface area (Å²) in [5.74, 6) is 2.85. The number of carbonyl (C=O) groups is 1. The predicted molar refractivity (Wildman–Crippen MR) is 114 cm³/mol. The van der Waals surface area contributed by atoms with Gasteiger partial charge in [0.15, 0.2) is 11.5 Å². The fourth-order valence-corrected chi connectivity index (χ4v) is 3.89. The van der Waals surface area contributed by atoms with Crippen LogP contribution in [0.1, 0.15) is 30.7 Å². The molecular weight excluding hydrogens is 394 g/mol. The lowest BCUT2D eigenvalue weighted by Crippen LogP contribution is -2.41. The van der Waals surface area contributed by atoms with Crippen molar-refractivity contribution in [2.45, 2.75) is 32.1 Å². The summed E-state index contributed by atoms with van der Waals surface area (Å²) >= 11 is 0. The Balaban J connectivity index is 1.24. The van der Waals surface area contributed by atoms with E-state index in [4.69, 9.17) is 14.0 Å². The van der Waals surface area contributed by atoms with Gasteiger partial charge in [0.1, 0.15) is 0 Å². The first-order valence-electron chi connectivity index (χ1n) is 10.8. The molecule has 0 N–H and O–H groups in total. The average Bonchev–Trinajstić information content (AvgIpc) is 3.42. The zero-order valence-corrected chi connectivity index (χ0v) is 17.3. The van der Waals surface area contributed by atoms with E-state index in [-0.39, 0.29) is 18.6 Å². The summed E-state index contributed by atoms with van der Waals surface area (Å²) in [4.78, 5) is 19.4. The highest BCUT2D eigenvalue weighted by Crippen LogP contribution is 2.35. The third-order valence-corrected chi connectivity index (χ3v) is 5.97. The maximum absolute atomic E-state index is 12.9. The van der Waals surface area contributed by atoms with Crippen molar-refractivity contribution >= 4 is 5.91 Å². The molecule has 1 fully saturated rings. The topological polar surface area (TPSA) is 77.7 Å². The van der Waals surface area contributed by atoms with Crippen molar-refractivity contribution in [2.24, 2.45) is 5.92 Å². The normalized spacial score (nSPS) is 15.0. The second-order valence-corrected chi connectivity index (χ2v) is 8.02. The molecule has 0 unspecified atom stereocenters. The van der Waals surface area contributed by atoms with Crippen molar-refractivity contribution in [3.8, 4) is 22.9 Å². The monoisotopic (exact) mass is 419 g/mol. The number of nitrogens with zero attached hydrogens (tertiary/aromatic N) is 3. The fourth-order valence-electron chi connectivity index (χ4n) is 3.89. The number of aromatic nitrogens is 2. The van der Waals surface area contributed by atoms with E-state index in [9.17, 15) is 4.79 Å². The van der Waals surface area contributed by atoms with Gasteiger partial charge >= 0.3 is 0 Å². The number of hydrogen-bond donors (Lipinski definition) is 0. The number of carbonyl (C=O) groups excluding carboxylic acids is 1. The molecule has 5 rings (SSSR count). The van der Waals surface area contributed by atoms with Gasteiger partial charge in [0, 0.05) is 31.0 Å². The minimum Gasteiger partial charge on any atom is -0.454 e. The number of rotatable bonds is 8. The van der Waals surface area contributed by atoms with Crippen LogP contribution in [0.4, 0.5) is 0 Å². The number of benzene rings is 2.